The van der Waals surface area contributed by atoms with Gasteiger partial charge in [0.1, 0.15) is 0 Å². The van der Waals surface area contributed by atoms with E-state index in [1.807, 2.05) is 0 Å². The van der Waals surface area contributed by atoms with E-state index >= 15 is 0 Å². The molecule has 2 aliphatic rings. The van der Waals surface area contributed by atoms with Crippen molar-refractivity contribution in [3.8, 4) is 0 Å². The Bertz CT molecular complexity index is 329. The maximum absolute atomic E-state index is 11.8. The van der Waals surface area contributed by atoms with Gasteiger partial charge in [-0.1, -0.05) is 6.92 Å². The molecule has 2 aliphatic heterocycles. The van der Waals surface area contributed by atoms with Gasteiger partial charge in [0.15, 0.2) is 9.84 Å². The van der Waals surface area contributed by atoms with E-state index in [4.69, 9.17) is 0 Å². The third-order valence-electron chi connectivity index (χ3n) is 3.84. The zero-order valence-electron chi connectivity index (χ0n) is 9.98. The fraction of sp³-hybridized carbons (Fsp3) is 1.00. The fourth-order valence-corrected chi connectivity index (χ4v) is 4.62. The normalized spacial score (nSPS) is 35.3. The van der Waals surface area contributed by atoms with Crippen LogP contribution in [0.25, 0.3) is 0 Å². The van der Waals surface area contributed by atoms with Gasteiger partial charge in [-0.25, -0.2) is 8.42 Å². The molecule has 2 fully saturated rings. The predicted octanol–water partition coefficient (Wildman–Crippen LogP) is 0.247. The second-order valence-electron chi connectivity index (χ2n) is 4.89. The molecule has 4 nitrogen and oxygen atoms in total. The molecule has 0 aromatic carbocycles. The van der Waals surface area contributed by atoms with Gasteiger partial charge in [0.2, 0.25) is 0 Å². The lowest BCUT2D eigenvalue weighted by Gasteiger charge is -2.36. The van der Waals surface area contributed by atoms with Crippen LogP contribution in [0.15, 0.2) is 0 Å². The molecule has 0 aliphatic carbocycles. The molecule has 0 radical (unpaired) electrons. The van der Waals surface area contributed by atoms with E-state index in [0.29, 0.717) is 11.8 Å². The van der Waals surface area contributed by atoms with Crippen LogP contribution in [-0.4, -0.2) is 56.5 Å². The zero-order valence-corrected chi connectivity index (χ0v) is 10.8. The topological polar surface area (TPSA) is 49.4 Å². The van der Waals surface area contributed by atoms with Gasteiger partial charge < -0.3 is 5.32 Å². The molecule has 16 heavy (non-hydrogen) atoms. The molecule has 2 saturated heterocycles. The van der Waals surface area contributed by atoms with Crippen LogP contribution >= 0.6 is 0 Å². The lowest BCUT2D eigenvalue weighted by Crippen LogP contribution is -2.53. The molecule has 5 heteroatoms. The second kappa shape index (κ2) is 5.02. The Morgan fingerprint density at radius 2 is 2.25 bits per heavy atom. The number of nitrogens with one attached hydrogen (secondary N) is 1. The Hall–Kier alpha value is -0.130. The molecule has 0 amide bonds. The van der Waals surface area contributed by atoms with Gasteiger partial charge in [-0.2, -0.15) is 0 Å². The molecule has 2 rings (SSSR count). The van der Waals surface area contributed by atoms with Gasteiger partial charge in [-0.15, -0.1) is 0 Å². The summed E-state index contributed by atoms with van der Waals surface area (Å²) in [6, 6.07) is 0.518. The van der Waals surface area contributed by atoms with Crippen molar-refractivity contribution < 1.29 is 8.42 Å². The summed E-state index contributed by atoms with van der Waals surface area (Å²) in [5.41, 5.74) is 0. The van der Waals surface area contributed by atoms with Gasteiger partial charge in [0.05, 0.1) is 11.0 Å². The summed E-state index contributed by atoms with van der Waals surface area (Å²) in [4.78, 5) is 2.37. The Kier molecular flexibility index (Phi) is 3.87. The van der Waals surface area contributed by atoms with E-state index in [1.54, 1.807) is 0 Å². The van der Waals surface area contributed by atoms with E-state index in [-0.39, 0.29) is 5.25 Å². The number of sulfone groups is 1. The quantitative estimate of drug-likeness (QED) is 0.775. The summed E-state index contributed by atoms with van der Waals surface area (Å²) in [7, 11) is -2.78. The molecule has 0 aromatic rings. The van der Waals surface area contributed by atoms with Crippen molar-refractivity contribution in [3.63, 3.8) is 0 Å². The van der Waals surface area contributed by atoms with Crippen molar-refractivity contribution in [2.24, 2.45) is 0 Å². The van der Waals surface area contributed by atoms with Crippen LogP contribution in [0, 0.1) is 0 Å². The van der Waals surface area contributed by atoms with E-state index in [2.05, 4.69) is 17.1 Å². The first kappa shape index (κ1) is 12.3. The Morgan fingerprint density at radius 3 is 2.88 bits per heavy atom. The number of piperazine rings is 1. The maximum atomic E-state index is 11.8. The first-order valence-corrected chi connectivity index (χ1v) is 8.01. The molecular weight excluding hydrogens is 224 g/mol. The van der Waals surface area contributed by atoms with Gasteiger partial charge >= 0.3 is 0 Å². The minimum Gasteiger partial charge on any atom is -0.314 e. The first-order chi connectivity index (χ1) is 7.63. The minimum absolute atomic E-state index is 0.0975. The largest absolute Gasteiger partial charge is 0.314 e. The number of hydrogen-bond acceptors (Lipinski definition) is 4. The molecule has 2 heterocycles. The SMILES string of the molecule is CCC1CNCCN1CC1CCCS1(=O)=O. The second-order valence-corrected chi connectivity index (χ2v) is 7.29. The smallest absolute Gasteiger partial charge is 0.154 e. The van der Waals surface area contributed by atoms with Gasteiger partial charge in [0.25, 0.3) is 0 Å². The van der Waals surface area contributed by atoms with Gasteiger partial charge in [-0.05, 0) is 19.3 Å². The molecular formula is C11H22N2O2S. The molecule has 0 aromatic heterocycles. The summed E-state index contributed by atoms with van der Waals surface area (Å²) >= 11 is 0. The van der Waals surface area contributed by atoms with Crippen LogP contribution in [-0.2, 0) is 9.84 Å². The molecule has 2 atom stereocenters. The number of nitrogens with zero attached hydrogens (tertiary/aromatic N) is 1. The summed E-state index contributed by atoms with van der Waals surface area (Å²) in [5.74, 6) is 0.403. The van der Waals surface area contributed by atoms with Crippen molar-refractivity contribution in [2.45, 2.75) is 37.5 Å². The minimum atomic E-state index is -2.78. The van der Waals surface area contributed by atoms with Crippen LogP contribution in [0.5, 0.6) is 0 Å². The van der Waals surface area contributed by atoms with Gasteiger partial charge in [0, 0.05) is 32.2 Å². The Morgan fingerprint density at radius 1 is 1.44 bits per heavy atom. The third kappa shape index (κ3) is 2.57. The molecule has 0 saturated carbocycles. The summed E-state index contributed by atoms with van der Waals surface area (Å²) in [5, 5.41) is 3.27. The van der Waals surface area contributed by atoms with Crippen LogP contribution in [0.4, 0.5) is 0 Å². The third-order valence-corrected chi connectivity index (χ3v) is 6.10. The molecule has 1 N–H and O–H groups in total. The van der Waals surface area contributed by atoms with Crippen molar-refractivity contribution in [2.75, 3.05) is 31.9 Å². The Balaban J connectivity index is 1.97. The van der Waals surface area contributed by atoms with Crippen molar-refractivity contribution >= 4 is 9.84 Å². The van der Waals surface area contributed by atoms with Crippen molar-refractivity contribution in [1.82, 2.24) is 10.2 Å². The highest BCUT2D eigenvalue weighted by Gasteiger charge is 2.34. The average molecular weight is 246 g/mol. The fourth-order valence-electron chi connectivity index (χ4n) is 2.77. The molecule has 94 valence electrons. The zero-order chi connectivity index (χ0) is 11.6. The maximum Gasteiger partial charge on any atom is 0.154 e. The average Bonchev–Trinajstić information content (AvgIpc) is 2.59. The van der Waals surface area contributed by atoms with Crippen LogP contribution < -0.4 is 5.32 Å². The lowest BCUT2D eigenvalue weighted by atomic mass is 10.1. The van der Waals surface area contributed by atoms with E-state index < -0.39 is 9.84 Å². The highest BCUT2D eigenvalue weighted by Crippen LogP contribution is 2.22. The molecule has 0 spiro atoms. The number of rotatable bonds is 3. The van der Waals surface area contributed by atoms with E-state index in [9.17, 15) is 8.42 Å². The summed E-state index contributed by atoms with van der Waals surface area (Å²) in [6.07, 6.45) is 2.82. The molecule has 2 unspecified atom stereocenters. The Labute approximate surface area is 98.3 Å². The van der Waals surface area contributed by atoms with E-state index in [1.165, 1.54) is 0 Å². The van der Waals surface area contributed by atoms with Crippen LogP contribution in [0.2, 0.25) is 0 Å². The summed E-state index contributed by atoms with van der Waals surface area (Å²) < 4.78 is 23.6. The molecule has 0 bridgehead atoms. The van der Waals surface area contributed by atoms with Crippen LogP contribution in [0.1, 0.15) is 26.2 Å². The summed E-state index contributed by atoms with van der Waals surface area (Å²) in [6.45, 7) is 5.91. The lowest BCUT2D eigenvalue weighted by molar-refractivity contribution is 0.156. The van der Waals surface area contributed by atoms with Crippen LogP contribution in [0.3, 0.4) is 0 Å². The highest BCUT2D eigenvalue weighted by molar-refractivity contribution is 7.92. The standard InChI is InChI=1S/C11H22N2O2S/c1-2-10-8-12-5-6-13(10)9-11-4-3-7-16(11,14)15/h10-12H,2-9H2,1H3. The van der Waals surface area contributed by atoms with E-state index in [0.717, 1.165) is 45.4 Å². The predicted molar refractivity (Wildman–Crippen MR) is 65.3 cm³/mol. The van der Waals surface area contributed by atoms with Crippen molar-refractivity contribution in [1.29, 1.82) is 0 Å². The first-order valence-electron chi connectivity index (χ1n) is 6.30. The highest BCUT2D eigenvalue weighted by atomic mass is 32.2. The van der Waals surface area contributed by atoms with Crippen molar-refractivity contribution in [3.05, 3.63) is 0 Å². The monoisotopic (exact) mass is 246 g/mol. The van der Waals surface area contributed by atoms with Gasteiger partial charge in [-0.3, -0.25) is 4.90 Å². The number of hydrogen-bond donors (Lipinski definition) is 1.